The second-order valence-corrected chi connectivity index (χ2v) is 5.24. The lowest BCUT2D eigenvalue weighted by atomic mass is 10.3. The van der Waals surface area contributed by atoms with Gasteiger partial charge in [-0.05, 0) is 42.1 Å². The van der Waals surface area contributed by atoms with Gasteiger partial charge in [-0.3, -0.25) is 0 Å². The van der Waals surface area contributed by atoms with Gasteiger partial charge in [-0.25, -0.2) is 4.98 Å². The number of alkyl halides is 3. The fraction of sp³-hybridized carbons (Fsp3) is 0.214. The minimum atomic E-state index is -4.26. The lowest BCUT2D eigenvalue weighted by Gasteiger charge is -2.09. The van der Waals surface area contributed by atoms with Gasteiger partial charge < -0.3 is 10.1 Å². The van der Waals surface area contributed by atoms with Crippen molar-refractivity contribution in [3.8, 4) is 5.88 Å². The number of benzene rings is 1. The summed E-state index contributed by atoms with van der Waals surface area (Å²) in [5.74, 6) is 0.520. The zero-order valence-electron chi connectivity index (χ0n) is 11.1. The van der Waals surface area contributed by atoms with Crippen LogP contribution in [0.3, 0.4) is 0 Å². The fourth-order valence-electron chi connectivity index (χ4n) is 1.64. The van der Waals surface area contributed by atoms with E-state index in [0.29, 0.717) is 12.4 Å². The van der Waals surface area contributed by atoms with Crippen molar-refractivity contribution in [1.82, 2.24) is 4.98 Å². The van der Waals surface area contributed by atoms with E-state index in [1.54, 1.807) is 18.2 Å². The predicted molar refractivity (Wildman–Crippen MR) is 76.5 cm³/mol. The molecule has 1 heterocycles. The topological polar surface area (TPSA) is 34.1 Å². The summed E-state index contributed by atoms with van der Waals surface area (Å²) in [5, 5.41) is 3.09. The monoisotopic (exact) mass is 314 g/mol. The van der Waals surface area contributed by atoms with Crippen molar-refractivity contribution in [3.05, 3.63) is 48.2 Å². The zero-order valence-corrected chi connectivity index (χ0v) is 12.0. The summed E-state index contributed by atoms with van der Waals surface area (Å²) in [6.45, 7) is 0.461. The molecule has 2 rings (SSSR count). The Morgan fingerprint density at radius 1 is 1.14 bits per heavy atom. The number of nitrogens with zero attached hydrogens (tertiary/aromatic N) is 1. The van der Waals surface area contributed by atoms with Gasteiger partial charge in [0.2, 0.25) is 5.88 Å². The first-order valence-electron chi connectivity index (χ1n) is 6.06. The third kappa shape index (κ3) is 5.18. The number of aromatic nitrogens is 1. The highest BCUT2D eigenvalue weighted by Crippen LogP contribution is 2.37. The number of hydrogen-bond acceptors (Lipinski definition) is 4. The van der Waals surface area contributed by atoms with E-state index in [2.05, 4.69) is 10.3 Å². The highest BCUT2D eigenvalue weighted by Gasteiger charge is 2.28. The Labute approximate surface area is 124 Å². The van der Waals surface area contributed by atoms with Gasteiger partial charge in [0.15, 0.2) is 0 Å². The molecule has 0 spiro atoms. The van der Waals surface area contributed by atoms with Gasteiger partial charge in [-0.2, -0.15) is 13.2 Å². The number of hydrogen-bond donors (Lipinski definition) is 1. The molecule has 0 atom stereocenters. The van der Waals surface area contributed by atoms with E-state index in [1.165, 1.54) is 19.2 Å². The van der Waals surface area contributed by atoms with E-state index in [0.717, 1.165) is 11.4 Å². The standard InChI is InChI=1S/C14H13F3N2OS/c1-20-13-4-2-3-11(19-13)9-18-10-5-7-12(8-6-10)21-14(15,16)17/h2-8,18H,9H2,1H3. The molecule has 0 saturated carbocycles. The van der Waals surface area contributed by atoms with Crippen LogP contribution in [0.2, 0.25) is 0 Å². The summed E-state index contributed by atoms with van der Waals surface area (Å²) < 4.78 is 41.7. The summed E-state index contributed by atoms with van der Waals surface area (Å²) in [7, 11) is 1.54. The summed E-state index contributed by atoms with van der Waals surface area (Å²) in [6, 6.07) is 11.5. The van der Waals surface area contributed by atoms with Crippen molar-refractivity contribution in [3.63, 3.8) is 0 Å². The number of nitrogens with one attached hydrogen (secondary N) is 1. The Hall–Kier alpha value is -1.89. The van der Waals surface area contributed by atoms with E-state index in [1.807, 2.05) is 12.1 Å². The van der Waals surface area contributed by atoms with Gasteiger partial charge in [-0.1, -0.05) is 6.07 Å². The second-order valence-electron chi connectivity index (χ2n) is 4.10. The molecule has 2 aromatic rings. The van der Waals surface area contributed by atoms with Gasteiger partial charge in [0.05, 0.1) is 19.3 Å². The van der Waals surface area contributed by atoms with Crippen LogP contribution in [0.5, 0.6) is 5.88 Å². The molecule has 0 aliphatic rings. The Morgan fingerprint density at radius 2 is 1.86 bits per heavy atom. The van der Waals surface area contributed by atoms with Crippen molar-refractivity contribution in [2.24, 2.45) is 0 Å². The smallest absolute Gasteiger partial charge is 0.446 e. The molecule has 1 N–H and O–H groups in total. The van der Waals surface area contributed by atoms with Gasteiger partial charge in [-0.15, -0.1) is 0 Å². The van der Waals surface area contributed by atoms with Crippen LogP contribution in [0, 0.1) is 0 Å². The normalized spacial score (nSPS) is 11.2. The summed E-state index contributed by atoms with van der Waals surface area (Å²) in [6.07, 6.45) is 0. The van der Waals surface area contributed by atoms with Crippen molar-refractivity contribution in [1.29, 1.82) is 0 Å². The van der Waals surface area contributed by atoms with E-state index in [9.17, 15) is 13.2 Å². The van der Waals surface area contributed by atoms with Gasteiger partial charge >= 0.3 is 5.51 Å². The number of pyridine rings is 1. The molecule has 0 radical (unpaired) electrons. The van der Waals surface area contributed by atoms with Gasteiger partial charge in [0.1, 0.15) is 0 Å². The van der Waals surface area contributed by atoms with Gasteiger partial charge in [0.25, 0.3) is 0 Å². The fourth-order valence-corrected chi connectivity index (χ4v) is 2.18. The third-order valence-corrected chi connectivity index (χ3v) is 3.29. The van der Waals surface area contributed by atoms with E-state index >= 15 is 0 Å². The SMILES string of the molecule is COc1cccc(CNc2ccc(SC(F)(F)F)cc2)n1. The first-order valence-corrected chi connectivity index (χ1v) is 6.87. The van der Waals surface area contributed by atoms with Crippen LogP contribution in [0.25, 0.3) is 0 Å². The molecule has 1 aromatic carbocycles. The van der Waals surface area contributed by atoms with Gasteiger partial charge in [0, 0.05) is 16.6 Å². The third-order valence-electron chi connectivity index (χ3n) is 2.55. The van der Waals surface area contributed by atoms with Crippen molar-refractivity contribution in [2.75, 3.05) is 12.4 Å². The van der Waals surface area contributed by atoms with Crippen LogP contribution in [0.4, 0.5) is 18.9 Å². The molecule has 1 aromatic heterocycles. The lowest BCUT2D eigenvalue weighted by Crippen LogP contribution is -2.02. The predicted octanol–water partition coefficient (Wildman–Crippen LogP) is 4.31. The van der Waals surface area contributed by atoms with Crippen LogP contribution in [-0.2, 0) is 6.54 Å². The molecule has 0 unspecified atom stereocenters. The molecule has 0 aliphatic heterocycles. The molecule has 0 saturated heterocycles. The molecule has 21 heavy (non-hydrogen) atoms. The molecule has 0 amide bonds. The van der Waals surface area contributed by atoms with E-state index in [4.69, 9.17) is 4.74 Å². The molecule has 3 nitrogen and oxygen atoms in total. The quantitative estimate of drug-likeness (QED) is 0.834. The summed E-state index contributed by atoms with van der Waals surface area (Å²) in [5.41, 5.74) is -2.76. The zero-order chi connectivity index (χ0) is 15.3. The molecular weight excluding hydrogens is 301 g/mol. The molecule has 0 bridgehead atoms. The number of methoxy groups -OCH3 is 1. The molecule has 0 fully saturated rings. The highest BCUT2D eigenvalue weighted by molar-refractivity contribution is 8.00. The average Bonchev–Trinajstić information content (AvgIpc) is 2.45. The largest absolute Gasteiger partial charge is 0.481 e. The summed E-state index contributed by atoms with van der Waals surface area (Å²) >= 11 is -0.128. The Kier molecular flexibility index (Phi) is 4.95. The minimum Gasteiger partial charge on any atom is -0.481 e. The number of thioether (sulfide) groups is 1. The highest BCUT2D eigenvalue weighted by atomic mass is 32.2. The number of rotatable bonds is 5. The number of ether oxygens (including phenoxy) is 1. The minimum absolute atomic E-state index is 0.128. The van der Waals surface area contributed by atoms with Crippen LogP contribution >= 0.6 is 11.8 Å². The molecule has 0 aliphatic carbocycles. The molecule has 7 heteroatoms. The Bertz CT molecular complexity index is 588. The van der Waals surface area contributed by atoms with Crippen molar-refractivity contribution in [2.45, 2.75) is 16.9 Å². The number of anilines is 1. The van der Waals surface area contributed by atoms with Crippen LogP contribution in [0.15, 0.2) is 47.4 Å². The maximum Gasteiger partial charge on any atom is 0.446 e. The van der Waals surface area contributed by atoms with Crippen molar-refractivity contribution < 1.29 is 17.9 Å². The Morgan fingerprint density at radius 3 is 2.48 bits per heavy atom. The molecular formula is C14H13F3N2OS. The first-order chi connectivity index (χ1) is 9.96. The van der Waals surface area contributed by atoms with Crippen molar-refractivity contribution >= 4 is 17.4 Å². The number of halogens is 3. The second kappa shape index (κ2) is 6.71. The van der Waals surface area contributed by atoms with Crippen LogP contribution in [-0.4, -0.2) is 17.6 Å². The first kappa shape index (κ1) is 15.5. The van der Waals surface area contributed by atoms with E-state index < -0.39 is 5.51 Å². The Balaban J connectivity index is 1.94. The van der Waals surface area contributed by atoms with Crippen LogP contribution < -0.4 is 10.1 Å². The van der Waals surface area contributed by atoms with Crippen LogP contribution in [0.1, 0.15) is 5.69 Å². The maximum absolute atomic E-state index is 12.2. The lowest BCUT2D eigenvalue weighted by molar-refractivity contribution is -0.0328. The maximum atomic E-state index is 12.2. The molecule has 112 valence electrons. The van der Waals surface area contributed by atoms with E-state index in [-0.39, 0.29) is 16.7 Å². The summed E-state index contributed by atoms with van der Waals surface area (Å²) in [4.78, 5) is 4.39. The average molecular weight is 314 g/mol.